The Balaban J connectivity index is 1.40. The normalized spacial score (nSPS) is 22.5. The smallest absolute Gasteiger partial charge is 0.243 e. The van der Waals surface area contributed by atoms with Crippen molar-refractivity contribution in [2.24, 2.45) is 11.8 Å². The third-order valence-corrected chi connectivity index (χ3v) is 7.82. The summed E-state index contributed by atoms with van der Waals surface area (Å²) < 4.78 is 27.3. The summed E-state index contributed by atoms with van der Waals surface area (Å²) >= 11 is 0. The van der Waals surface area contributed by atoms with Crippen LogP contribution in [0.4, 0.5) is 11.4 Å². The molecule has 2 heterocycles. The van der Waals surface area contributed by atoms with Crippen molar-refractivity contribution in [3.05, 3.63) is 54.6 Å². The maximum absolute atomic E-state index is 12.9. The maximum atomic E-state index is 12.9. The Hall–Kier alpha value is -2.71. The Morgan fingerprint density at radius 2 is 1.74 bits per heavy atom. The van der Waals surface area contributed by atoms with Crippen LogP contribution in [0.25, 0.3) is 0 Å². The Morgan fingerprint density at radius 3 is 2.42 bits per heavy atom. The van der Waals surface area contributed by atoms with E-state index < -0.39 is 15.9 Å². The van der Waals surface area contributed by atoms with Gasteiger partial charge in [-0.25, -0.2) is 8.42 Å². The van der Waals surface area contributed by atoms with E-state index in [4.69, 9.17) is 0 Å². The van der Waals surface area contributed by atoms with Gasteiger partial charge in [0, 0.05) is 37.4 Å². The van der Waals surface area contributed by atoms with Gasteiger partial charge < -0.3 is 10.2 Å². The second-order valence-corrected chi connectivity index (χ2v) is 10.3. The van der Waals surface area contributed by atoms with Gasteiger partial charge >= 0.3 is 0 Å². The minimum Gasteiger partial charge on any atom is -0.326 e. The summed E-state index contributed by atoms with van der Waals surface area (Å²) in [5.41, 5.74) is 1.30. The molecule has 8 heteroatoms. The van der Waals surface area contributed by atoms with E-state index in [9.17, 15) is 18.0 Å². The van der Waals surface area contributed by atoms with Crippen LogP contribution in [0.1, 0.15) is 26.2 Å². The highest BCUT2D eigenvalue weighted by Crippen LogP contribution is 2.27. The third kappa shape index (κ3) is 4.65. The van der Waals surface area contributed by atoms with E-state index in [1.165, 1.54) is 16.4 Å². The van der Waals surface area contributed by atoms with Gasteiger partial charge in [0.25, 0.3) is 0 Å². The first-order valence-corrected chi connectivity index (χ1v) is 12.0. The maximum Gasteiger partial charge on any atom is 0.243 e. The number of sulfonamides is 1. The number of para-hydroxylation sites is 1. The zero-order valence-electron chi connectivity index (χ0n) is 17.5. The van der Waals surface area contributed by atoms with Gasteiger partial charge in [0.2, 0.25) is 21.8 Å². The minimum absolute atomic E-state index is 0.0800. The molecule has 2 amide bonds. The molecule has 0 unspecified atom stereocenters. The Kier molecular flexibility index (Phi) is 6.11. The number of piperidine rings is 1. The molecule has 2 aromatic rings. The van der Waals surface area contributed by atoms with Crippen molar-refractivity contribution in [1.29, 1.82) is 0 Å². The number of carbonyl (C=O) groups excluding carboxylic acids is 2. The van der Waals surface area contributed by atoms with Gasteiger partial charge in [-0.15, -0.1) is 0 Å². The van der Waals surface area contributed by atoms with E-state index in [2.05, 4.69) is 12.2 Å². The number of rotatable bonds is 5. The van der Waals surface area contributed by atoms with Crippen molar-refractivity contribution in [2.45, 2.75) is 31.1 Å². The molecule has 4 rings (SSSR count). The highest BCUT2D eigenvalue weighted by atomic mass is 32.2. The molecule has 2 aliphatic heterocycles. The Bertz CT molecular complexity index is 1050. The van der Waals surface area contributed by atoms with Gasteiger partial charge in [-0.05, 0) is 55.2 Å². The van der Waals surface area contributed by atoms with Crippen molar-refractivity contribution >= 4 is 33.2 Å². The van der Waals surface area contributed by atoms with Crippen LogP contribution in [-0.2, 0) is 19.6 Å². The molecule has 2 aromatic carbocycles. The molecule has 0 radical (unpaired) electrons. The summed E-state index contributed by atoms with van der Waals surface area (Å²) in [5.74, 6) is -0.423. The molecule has 2 aliphatic rings. The Labute approximate surface area is 183 Å². The van der Waals surface area contributed by atoms with Gasteiger partial charge in [-0.1, -0.05) is 25.1 Å². The van der Waals surface area contributed by atoms with Gasteiger partial charge in [0.15, 0.2) is 0 Å². The van der Waals surface area contributed by atoms with Crippen LogP contribution in [0, 0.1) is 11.8 Å². The third-order valence-electron chi connectivity index (χ3n) is 5.94. The number of nitrogens with zero attached hydrogens (tertiary/aromatic N) is 2. The number of hydrogen-bond acceptors (Lipinski definition) is 4. The van der Waals surface area contributed by atoms with E-state index in [0.29, 0.717) is 31.2 Å². The van der Waals surface area contributed by atoms with Crippen molar-refractivity contribution < 1.29 is 18.0 Å². The fraction of sp³-hybridized carbons (Fsp3) is 0.391. The van der Waals surface area contributed by atoms with Crippen LogP contribution in [0.2, 0.25) is 0 Å². The molecular weight excluding hydrogens is 414 g/mol. The summed E-state index contributed by atoms with van der Waals surface area (Å²) in [7, 11) is -3.53. The van der Waals surface area contributed by atoms with Crippen LogP contribution >= 0.6 is 0 Å². The molecule has 7 nitrogen and oxygen atoms in total. The number of hydrogen-bond donors (Lipinski definition) is 1. The van der Waals surface area contributed by atoms with E-state index in [-0.39, 0.29) is 23.1 Å². The first kappa shape index (κ1) is 21.5. The molecule has 164 valence electrons. The average molecular weight is 442 g/mol. The van der Waals surface area contributed by atoms with Crippen LogP contribution < -0.4 is 10.2 Å². The molecule has 2 saturated heterocycles. The zero-order chi connectivity index (χ0) is 22.0. The van der Waals surface area contributed by atoms with Gasteiger partial charge in [0.1, 0.15) is 0 Å². The molecule has 0 bridgehead atoms. The predicted molar refractivity (Wildman–Crippen MR) is 119 cm³/mol. The Morgan fingerprint density at radius 1 is 1.03 bits per heavy atom. The highest BCUT2D eigenvalue weighted by Gasteiger charge is 2.35. The second-order valence-electron chi connectivity index (χ2n) is 8.37. The number of carbonyl (C=O) groups is 2. The molecule has 1 N–H and O–H groups in total. The lowest BCUT2D eigenvalue weighted by Crippen LogP contribution is -2.39. The molecule has 31 heavy (non-hydrogen) atoms. The topological polar surface area (TPSA) is 86.8 Å². The number of nitrogens with one attached hydrogen (secondary N) is 1. The molecular formula is C23H27N3O4S. The van der Waals surface area contributed by atoms with E-state index in [1.807, 2.05) is 30.3 Å². The lowest BCUT2D eigenvalue weighted by molar-refractivity contribution is -0.122. The van der Waals surface area contributed by atoms with Crippen LogP contribution in [-0.4, -0.2) is 44.2 Å². The van der Waals surface area contributed by atoms with E-state index in [0.717, 1.165) is 18.5 Å². The molecule has 0 saturated carbocycles. The van der Waals surface area contributed by atoms with E-state index >= 15 is 0 Å². The largest absolute Gasteiger partial charge is 0.326 e. The first-order chi connectivity index (χ1) is 14.8. The summed E-state index contributed by atoms with van der Waals surface area (Å²) in [5, 5.41) is 2.82. The lowest BCUT2D eigenvalue weighted by atomic mass is 10.0. The predicted octanol–water partition coefficient (Wildman–Crippen LogP) is 3.10. The average Bonchev–Trinajstić information content (AvgIpc) is 3.16. The van der Waals surface area contributed by atoms with Crippen LogP contribution in [0.15, 0.2) is 59.5 Å². The summed E-state index contributed by atoms with van der Waals surface area (Å²) in [6, 6.07) is 15.5. The summed E-state index contributed by atoms with van der Waals surface area (Å²) in [4.78, 5) is 26.9. The van der Waals surface area contributed by atoms with Crippen molar-refractivity contribution in [3.8, 4) is 0 Å². The van der Waals surface area contributed by atoms with Gasteiger partial charge in [0.05, 0.1) is 10.8 Å². The standard InChI is InChI=1S/C23H27N3O4S/c1-17-6-5-13-25(15-17)31(29,30)21-11-9-19(10-12-21)24-23(28)18-14-22(27)26(16-18)20-7-3-2-4-8-20/h2-4,7-12,17-18H,5-6,13-16H2,1H3,(H,24,28)/t17-,18-/m0/s1. The zero-order valence-corrected chi connectivity index (χ0v) is 18.3. The molecule has 2 atom stereocenters. The SMILES string of the molecule is C[C@H]1CCCN(S(=O)(=O)c2ccc(NC(=O)[C@H]3CC(=O)N(c4ccccc4)C3)cc2)C1. The van der Waals surface area contributed by atoms with Gasteiger partial charge in [-0.2, -0.15) is 4.31 Å². The molecule has 0 aliphatic carbocycles. The minimum atomic E-state index is -3.53. The van der Waals surface area contributed by atoms with Gasteiger partial charge in [-0.3, -0.25) is 9.59 Å². The van der Waals surface area contributed by atoms with Crippen molar-refractivity contribution in [3.63, 3.8) is 0 Å². The van der Waals surface area contributed by atoms with Crippen LogP contribution in [0.5, 0.6) is 0 Å². The fourth-order valence-electron chi connectivity index (χ4n) is 4.21. The lowest BCUT2D eigenvalue weighted by Gasteiger charge is -2.30. The molecule has 0 aromatic heterocycles. The monoisotopic (exact) mass is 441 g/mol. The van der Waals surface area contributed by atoms with Crippen molar-refractivity contribution in [2.75, 3.05) is 29.9 Å². The number of amides is 2. The molecule has 0 spiro atoms. The van der Waals surface area contributed by atoms with E-state index in [1.54, 1.807) is 17.0 Å². The highest BCUT2D eigenvalue weighted by molar-refractivity contribution is 7.89. The summed E-state index contributed by atoms with van der Waals surface area (Å²) in [6.45, 7) is 3.47. The second kappa shape index (κ2) is 8.80. The van der Waals surface area contributed by atoms with Crippen LogP contribution in [0.3, 0.4) is 0 Å². The van der Waals surface area contributed by atoms with Crippen molar-refractivity contribution in [1.82, 2.24) is 4.31 Å². The molecule has 2 fully saturated rings. The first-order valence-electron chi connectivity index (χ1n) is 10.6. The quantitative estimate of drug-likeness (QED) is 0.773. The summed E-state index contributed by atoms with van der Waals surface area (Å²) in [6.07, 6.45) is 2.07. The fourth-order valence-corrected chi connectivity index (χ4v) is 5.81. The number of benzene rings is 2. The number of anilines is 2.